The molecule has 1 heterocycles. The first kappa shape index (κ1) is 11.4. The smallest absolute Gasteiger partial charge is 0.273 e. The number of nitrogens with zero attached hydrogens (tertiary/aromatic N) is 1. The summed E-state index contributed by atoms with van der Waals surface area (Å²) in [5, 5.41) is 4.92. The van der Waals surface area contributed by atoms with E-state index in [-0.39, 0.29) is 5.91 Å². The second-order valence-corrected chi connectivity index (χ2v) is 3.89. The molecule has 0 radical (unpaired) electrons. The molecule has 1 aromatic heterocycles. The van der Waals surface area contributed by atoms with Crippen LogP contribution in [0.25, 0.3) is 10.9 Å². The van der Waals surface area contributed by atoms with E-state index in [0.717, 1.165) is 23.0 Å². The summed E-state index contributed by atoms with van der Waals surface area (Å²) in [7, 11) is 0. The lowest BCUT2D eigenvalue weighted by Crippen LogP contribution is -2.18. The number of fused-ring (bicyclic) bond motifs is 1. The third-order valence-corrected chi connectivity index (χ3v) is 2.69. The first-order chi connectivity index (χ1) is 8.22. The third kappa shape index (κ3) is 2.36. The van der Waals surface area contributed by atoms with Crippen molar-refractivity contribution in [3.8, 4) is 0 Å². The fourth-order valence-corrected chi connectivity index (χ4v) is 1.54. The normalized spacial score (nSPS) is 11.8. The first-order valence-electron chi connectivity index (χ1n) is 5.62. The molecule has 0 unspecified atom stereocenters. The Morgan fingerprint density at radius 3 is 2.94 bits per heavy atom. The lowest BCUT2D eigenvalue weighted by molar-refractivity contribution is 0.0956. The van der Waals surface area contributed by atoms with Crippen LogP contribution in [-0.2, 0) is 0 Å². The van der Waals surface area contributed by atoms with Crippen LogP contribution in [0, 0.1) is 0 Å². The fourth-order valence-electron chi connectivity index (χ4n) is 1.54. The topological polar surface area (TPSA) is 57.2 Å². The minimum Gasteiger partial charge on any atom is -0.360 e. The lowest BCUT2D eigenvalue weighted by atomic mass is 10.2. The molecule has 1 amide bonds. The van der Waals surface area contributed by atoms with Gasteiger partial charge in [0.1, 0.15) is 0 Å². The molecule has 2 rings (SSSR count). The maximum absolute atomic E-state index is 11.9. The predicted octanol–water partition coefficient (Wildman–Crippen LogP) is 2.68. The van der Waals surface area contributed by atoms with Crippen LogP contribution in [0.1, 0.15) is 30.6 Å². The van der Waals surface area contributed by atoms with Gasteiger partial charge < -0.3 is 4.98 Å². The van der Waals surface area contributed by atoms with Crippen molar-refractivity contribution in [3.05, 3.63) is 36.0 Å². The Morgan fingerprint density at radius 1 is 1.41 bits per heavy atom. The molecule has 2 aromatic rings. The van der Waals surface area contributed by atoms with E-state index in [4.69, 9.17) is 0 Å². The van der Waals surface area contributed by atoms with Gasteiger partial charge in [-0.15, -0.1) is 0 Å². The molecule has 88 valence electrons. The molecule has 0 fully saturated rings. The van der Waals surface area contributed by atoms with Crippen molar-refractivity contribution in [2.24, 2.45) is 5.10 Å². The van der Waals surface area contributed by atoms with E-state index in [9.17, 15) is 4.79 Å². The molecule has 17 heavy (non-hydrogen) atoms. The number of hydrogen-bond donors (Lipinski definition) is 2. The van der Waals surface area contributed by atoms with E-state index < -0.39 is 0 Å². The van der Waals surface area contributed by atoms with Gasteiger partial charge in [0, 0.05) is 22.8 Å². The van der Waals surface area contributed by atoms with E-state index in [1.54, 1.807) is 6.20 Å². The number of hydrogen-bond acceptors (Lipinski definition) is 2. The van der Waals surface area contributed by atoms with E-state index in [1.165, 1.54) is 0 Å². The molecule has 0 atom stereocenters. The SMILES string of the molecule is CC/C(C)=N\NC(=O)c1c[nH]c2ccccc12. The molecule has 0 saturated carbocycles. The minimum atomic E-state index is -0.185. The Kier molecular flexibility index (Phi) is 3.23. The number of hydrazone groups is 1. The number of aromatic amines is 1. The number of rotatable bonds is 3. The zero-order valence-corrected chi connectivity index (χ0v) is 9.95. The van der Waals surface area contributed by atoms with Gasteiger partial charge in [0.05, 0.1) is 5.56 Å². The molecule has 4 nitrogen and oxygen atoms in total. The Labute approximate surface area is 99.7 Å². The van der Waals surface area contributed by atoms with Crippen LogP contribution in [0.5, 0.6) is 0 Å². The Bertz CT molecular complexity index is 569. The summed E-state index contributed by atoms with van der Waals surface area (Å²) in [4.78, 5) is 15.0. The minimum absolute atomic E-state index is 0.185. The summed E-state index contributed by atoms with van der Waals surface area (Å²) in [5.41, 5.74) is 5.03. The molecule has 0 bridgehead atoms. The summed E-state index contributed by atoms with van der Waals surface area (Å²) >= 11 is 0. The van der Waals surface area contributed by atoms with Crippen LogP contribution < -0.4 is 5.43 Å². The molecule has 0 aliphatic heterocycles. The Morgan fingerprint density at radius 2 is 2.18 bits per heavy atom. The van der Waals surface area contributed by atoms with Crippen molar-refractivity contribution in [1.29, 1.82) is 0 Å². The summed E-state index contributed by atoms with van der Waals surface area (Å²) in [6.45, 7) is 3.88. The summed E-state index contributed by atoms with van der Waals surface area (Å²) in [5.74, 6) is -0.185. The highest BCUT2D eigenvalue weighted by Crippen LogP contribution is 2.17. The standard InChI is InChI=1S/C13H15N3O/c1-3-9(2)15-16-13(17)11-8-14-12-7-5-4-6-10(11)12/h4-8,14H,3H2,1-2H3,(H,16,17)/b15-9-. The molecule has 0 spiro atoms. The second-order valence-electron chi connectivity index (χ2n) is 3.89. The fraction of sp³-hybridized carbons (Fsp3) is 0.231. The van der Waals surface area contributed by atoms with E-state index in [2.05, 4.69) is 15.5 Å². The van der Waals surface area contributed by atoms with Crippen LogP contribution >= 0.6 is 0 Å². The number of nitrogens with one attached hydrogen (secondary N) is 2. The van der Waals surface area contributed by atoms with Gasteiger partial charge in [0.25, 0.3) is 5.91 Å². The quantitative estimate of drug-likeness (QED) is 0.617. The van der Waals surface area contributed by atoms with Crippen molar-refractivity contribution in [3.63, 3.8) is 0 Å². The molecular formula is C13H15N3O. The Balaban J connectivity index is 2.25. The first-order valence-corrected chi connectivity index (χ1v) is 5.62. The molecule has 0 saturated heterocycles. The van der Waals surface area contributed by atoms with Crippen molar-refractivity contribution in [2.45, 2.75) is 20.3 Å². The summed E-state index contributed by atoms with van der Waals surface area (Å²) < 4.78 is 0. The number of carbonyl (C=O) groups is 1. The van der Waals surface area contributed by atoms with Gasteiger partial charge >= 0.3 is 0 Å². The second kappa shape index (κ2) is 4.82. The number of aromatic nitrogens is 1. The number of para-hydroxylation sites is 1. The highest BCUT2D eigenvalue weighted by molar-refractivity contribution is 6.06. The highest BCUT2D eigenvalue weighted by Gasteiger charge is 2.10. The molecule has 1 aromatic carbocycles. The third-order valence-electron chi connectivity index (χ3n) is 2.69. The van der Waals surface area contributed by atoms with Gasteiger partial charge in [-0.3, -0.25) is 4.79 Å². The van der Waals surface area contributed by atoms with Gasteiger partial charge in [-0.25, -0.2) is 5.43 Å². The number of carbonyl (C=O) groups excluding carboxylic acids is 1. The lowest BCUT2D eigenvalue weighted by Gasteiger charge is -1.99. The van der Waals surface area contributed by atoms with Crippen LogP contribution in [0.3, 0.4) is 0 Å². The average molecular weight is 229 g/mol. The van der Waals surface area contributed by atoms with Crippen molar-refractivity contribution >= 4 is 22.5 Å². The molecule has 0 aliphatic rings. The highest BCUT2D eigenvalue weighted by atomic mass is 16.2. The largest absolute Gasteiger partial charge is 0.360 e. The molecule has 2 N–H and O–H groups in total. The zero-order valence-electron chi connectivity index (χ0n) is 9.95. The Hall–Kier alpha value is -2.10. The van der Waals surface area contributed by atoms with Crippen LogP contribution in [0.15, 0.2) is 35.6 Å². The van der Waals surface area contributed by atoms with Crippen LogP contribution in [0.4, 0.5) is 0 Å². The van der Waals surface area contributed by atoms with E-state index in [0.29, 0.717) is 5.56 Å². The maximum Gasteiger partial charge on any atom is 0.273 e. The zero-order chi connectivity index (χ0) is 12.3. The monoisotopic (exact) mass is 229 g/mol. The van der Waals surface area contributed by atoms with Gasteiger partial charge in [-0.05, 0) is 19.4 Å². The molecule has 4 heteroatoms. The van der Waals surface area contributed by atoms with E-state index in [1.807, 2.05) is 38.1 Å². The van der Waals surface area contributed by atoms with Gasteiger partial charge in [0.2, 0.25) is 0 Å². The van der Waals surface area contributed by atoms with Gasteiger partial charge in [0.15, 0.2) is 0 Å². The van der Waals surface area contributed by atoms with E-state index >= 15 is 0 Å². The van der Waals surface area contributed by atoms with Crippen LogP contribution in [0.2, 0.25) is 0 Å². The van der Waals surface area contributed by atoms with Gasteiger partial charge in [-0.2, -0.15) is 5.10 Å². The predicted molar refractivity (Wildman–Crippen MR) is 69.2 cm³/mol. The number of amides is 1. The van der Waals surface area contributed by atoms with Crippen molar-refractivity contribution < 1.29 is 4.79 Å². The summed E-state index contributed by atoms with van der Waals surface area (Å²) in [6, 6.07) is 7.69. The molecular weight excluding hydrogens is 214 g/mol. The van der Waals surface area contributed by atoms with Crippen molar-refractivity contribution in [2.75, 3.05) is 0 Å². The maximum atomic E-state index is 11.9. The number of benzene rings is 1. The van der Waals surface area contributed by atoms with Crippen LogP contribution in [-0.4, -0.2) is 16.6 Å². The summed E-state index contributed by atoms with van der Waals surface area (Å²) in [6.07, 6.45) is 2.53. The van der Waals surface area contributed by atoms with Crippen molar-refractivity contribution in [1.82, 2.24) is 10.4 Å². The molecule has 0 aliphatic carbocycles. The van der Waals surface area contributed by atoms with Gasteiger partial charge in [-0.1, -0.05) is 25.1 Å². The number of H-pyrrole nitrogens is 1. The average Bonchev–Trinajstić information content (AvgIpc) is 2.79.